The molecule has 3 rings (SSSR count). The third-order valence-corrected chi connectivity index (χ3v) is 2.60. The lowest BCUT2D eigenvalue weighted by molar-refractivity contribution is 0.584. The number of nitrogens with zero attached hydrogens (tertiary/aromatic N) is 4. The van der Waals surface area contributed by atoms with Gasteiger partial charge in [-0.25, -0.2) is 23.7 Å². The van der Waals surface area contributed by atoms with E-state index in [0.717, 1.165) is 11.6 Å². The molecule has 2 heterocycles. The van der Waals surface area contributed by atoms with E-state index in [9.17, 15) is 8.78 Å². The average molecular weight is 246 g/mol. The van der Waals surface area contributed by atoms with Crippen LogP contribution < -0.4 is 0 Å². The lowest BCUT2D eigenvalue weighted by Crippen LogP contribution is -1.93. The van der Waals surface area contributed by atoms with Crippen molar-refractivity contribution in [1.82, 2.24) is 19.5 Å². The van der Waals surface area contributed by atoms with Gasteiger partial charge in [0.15, 0.2) is 11.5 Å². The van der Waals surface area contributed by atoms with E-state index in [2.05, 4.69) is 15.0 Å². The van der Waals surface area contributed by atoms with Gasteiger partial charge in [0.25, 0.3) is 0 Å². The van der Waals surface area contributed by atoms with Gasteiger partial charge in [-0.1, -0.05) is 0 Å². The molecule has 0 fully saturated rings. The van der Waals surface area contributed by atoms with E-state index < -0.39 is 11.6 Å². The highest BCUT2D eigenvalue weighted by atomic mass is 19.1. The molecule has 0 N–H and O–H groups in total. The molecule has 0 amide bonds. The first-order valence-electron chi connectivity index (χ1n) is 5.24. The highest BCUT2D eigenvalue weighted by Gasteiger charge is 2.08. The molecule has 3 aromatic rings. The third kappa shape index (κ3) is 1.71. The Morgan fingerprint density at radius 1 is 1.06 bits per heavy atom. The van der Waals surface area contributed by atoms with Gasteiger partial charge >= 0.3 is 0 Å². The molecule has 90 valence electrons. The fourth-order valence-corrected chi connectivity index (χ4v) is 1.74. The molecule has 0 saturated carbocycles. The largest absolute Gasteiger partial charge is 0.331 e. The smallest absolute Gasteiger partial charge is 0.181 e. The first-order chi connectivity index (χ1) is 8.63. The van der Waals surface area contributed by atoms with Gasteiger partial charge in [0.1, 0.15) is 17.2 Å². The van der Waals surface area contributed by atoms with E-state index >= 15 is 0 Å². The predicted molar refractivity (Wildman–Crippen MR) is 61.7 cm³/mol. The number of hydrogen-bond acceptors (Lipinski definition) is 3. The van der Waals surface area contributed by atoms with Crippen molar-refractivity contribution in [3.63, 3.8) is 0 Å². The van der Waals surface area contributed by atoms with Gasteiger partial charge in [-0.05, 0) is 12.1 Å². The SMILES string of the molecule is Cn1cnc2nc(-c3cc(F)cc(F)c3)ncc21. The van der Waals surface area contributed by atoms with Crippen molar-refractivity contribution in [2.24, 2.45) is 7.05 Å². The fourth-order valence-electron chi connectivity index (χ4n) is 1.74. The van der Waals surface area contributed by atoms with Gasteiger partial charge in [0.2, 0.25) is 0 Å². The zero-order valence-electron chi connectivity index (χ0n) is 9.43. The molecule has 0 aliphatic heterocycles. The minimum atomic E-state index is -0.658. The second-order valence-electron chi connectivity index (χ2n) is 3.92. The Hall–Kier alpha value is -2.37. The van der Waals surface area contributed by atoms with E-state index in [0.29, 0.717) is 11.2 Å². The summed E-state index contributed by atoms with van der Waals surface area (Å²) in [7, 11) is 1.82. The van der Waals surface area contributed by atoms with Crippen molar-refractivity contribution >= 4 is 11.2 Å². The molecular formula is C12H8F2N4. The first-order valence-corrected chi connectivity index (χ1v) is 5.24. The summed E-state index contributed by atoms with van der Waals surface area (Å²) in [6.45, 7) is 0. The lowest BCUT2D eigenvalue weighted by Gasteiger charge is -2.01. The van der Waals surface area contributed by atoms with Crippen LogP contribution in [0.25, 0.3) is 22.6 Å². The maximum Gasteiger partial charge on any atom is 0.181 e. The molecule has 0 atom stereocenters. The zero-order valence-corrected chi connectivity index (χ0v) is 9.43. The summed E-state index contributed by atoms with van der Waals surface area (Å²) in [4.78, 5) is 12.3. The Bertz CT molecular complexity index is 716. The second kappa shape index (κ2) is 3.83. The van der Waals surface area contributed by atoms with Crippen molar-refractivity contribution in [2.45, 2.75) is 0 Å². The summed E-state index contributed by atoms with van der Waals surface area (Å²) in [5.41, 5.74) is 1.54. The Morgan fingerprint density at radius 2 is 1.78 bits per heavy atom. The quantitative estimate of drug-likeness (QED) is 0.661. The van der Waals surface area contributed by atoms with E-state index in [-0.39, 0.29) is 5.82 Å². The molecule has 0 spiro atoms. The Labute approximate surface area is 101 Å². The van der Waals surface area contributed by atoms with Crippen molar-refractivity contribution < 1.29 is 8.78 Å². The monoisotopic (exact) mass is 246 g/mol. The molecule has 2 aromatic heterocycles. The number of hydrogen-bond donors (Lipinski definition) is 0. The van der Waals surface area contributed by atoms with Crippen LogP contribution in [0, 0.1) is 11.6 Å². The second-order valence-corrected chi connectivity index (χ2v) is 3.92. The molecule has 4 nitrogen and oxygen atoms in total. The number of aromatic nitrogens is 4. The standard InChI is InChI=1S/C12H8F2N4/c1-18-6-16-12-10(18)5-15-11(17-12)7-2-8(13)4-9(14)3-7/h2-6H,1H3. The predicted octanol–water partition coefficient (Wildman–Crippen LogP) is 2.31. The first kappa shape index (κ1) is 10.8. The fraction of sp³-hybridized carbons (Fsp3) is 0.0833. The highest BCUT2D eigenvalue weighted by molar-refractivity contribution is 5.72. The van der Waals surface area contributed by atoms with Gasteiger partial charge in [-0.2, -0.15) is 0 Å². The summed E-state index contributed by atoms with van der Waals surface area (Å²) in [5.74, 6) is -1.07. The maximum atomic E-state index is 13.1. The summed E-state index contributed by atoms with van der Waals surface area (Å²) < 4.78 is 28.0. The summed E-state index contributed by atoms with van der Waals surface area (Å²) in [5, 5.41) is 0. The van der Waals surface area contributed by atoms with Crippen LogP contribution >= 0.6 is 0 Å². The molecule has 0 saturated heterocycles. The van der Waals surface area contributed by atoms with Crippen LogP contribution in [0.15, 0.2) is 30.7 Å². The van der Waals surface area contributed by atoms with Crippen LogP contribution in [0.3, 0.4) is 0 Å². The highest BCUT2D eigenvalue weighted by Crippen LogP contribution is 2.19. The van der Waals surface area contributed by atoms with Crippen LogP contribution in [0.4, 0.5) is 8.78 Å². The zero-order chi connectivity index (χ0) is 12.7. The third-order valence-electron chi connectivity index (χ3n) is 2.60. The summed E-state index contributed by atoms with van der Waals surface area (Å²) >= 11 is 0. The molecule has 18 heavy (non-hydrogen) atoms. The van der Waals surface area contributed by atoms with Crippen molar-refractivity contribution in [3.8, 4) is 11.4 Å². The number of rotatable bonds is 1. The van der Waals surface area contributed by atoms with Gasteiger partial charge in [-0.15, -0.1) is 0 Å². The summed E-state index contributed by atoms with van der Waals surface area (Å²) in [6.07, 6.45) is 3.18. The Balaban J connectivity index is 2.18. The van der Waals surface area contributed by atoms with Gasteiger partial charge in [0.05, 0.1) is 12.5 Å². The van der Waals surface area contributed by atoms with Crippen LogP contribution in [-0.4, -0.2) is 19.5 Å². The Morgan fingerprint density at radius 3 is 2.50 bits per heavy atom. The van der Waals surface area contributed by atoms with Crippen molar-refractivity contribution in [1.29, 1.82) is 0 Å². The number of aryl methyl sites for hydroxylation is 1. The number of halogens is 2. The van der Waals surface area contributed by atoms with Crippen molar-refractivity contribution in [3.05, 3.63) is 42.4 Å². The topological polar surface area (TPSA) is 43.6 Å². The van der Waals surface area contributed by atoms with Crippen molar-refractivity contribution in [2.75, 3.05) is 0 Å². The van der Waals surface area contributed by atoms with Gasteiger partial charge in [0, 0.05) is 18.7 Å². The van der Waals surface area contributed by atoms with E-state index in [4.69, 9.17) is 0 Å². The summed E-state index contributed by atoms with van der Waals surface area (Å²) in [6, 6.07) is 3.18. The number of fused-ring (bicyclic) bond motifs is 1. The lowest BCUT2D eigenvalue weighted by atomic mass is 10.2. The van der Waals surface area contributed by atoms with E-state index in [1.807, 2.05) is 7.05 Å². The molecule has 1 aromatic carbocycles. The van der Waals surface area contributed by atoms with Crippen LogP contribution in [0.1, 0.15) is 0 Å². The molecule has 0 aliphatic rings. The number of imidazole rings is 1. The van der Waals surface area contributed by atoms with Crippen LogP contribution in [0.5, 0.6) is 0 Å². The average Bonchev–Trinajstić information content (AvgIpc) is 2.69. The molecular weight excluding hydrogens is 238 g/mol. The minimum Gasteiger partial charge on any atom is -0.331 e. The minimum absolute atomic E-state index is 0.250. The molecule has 0 radical (unpaired) electrons. The maximum absolute atomic E-state index is 13.1. The number of benzene rings is 1. The van der Waals surface area contributed by atoms with Crippen LogP contribution in [0.2, 0.25) is 0 Å². The van der Waals surface area contributed by atoms with Gasteiger partial charge in [-0.3, -0.25) is 0 Å². The Kier molecular flexibility index (Phi) is 2.29. The normalized spacial score (nSPS) is 11.1. The van der Waals surface area contributed by atoms with E-state index in [1.165, 1.54) is 12.1 Å². The van der Waals surface area contributed by atoms with E-state index in [1.54, 1.807) is 17.1 Å². The molecule has 0 bridgehead atoms. The molecule has 0 unspecified atom stereocenters. The van der Waals surface area contributed by atoms with Crippen LogP contribution in [-0.2, 0) is 7.05 Å². The van der Waals surface area contributed by atoms with Gasteiger partial charge < -0.3 is 4.57 Å². The molecule has 0 aliphatic carbocycles. The molecule has 6 heteroatoms.